The zero-order valence-electron chi connectivity index (χ0n) is 11.8. The Kier molecular flexibility index (Phi) is 2.94. The lowest BCUT2D eigenvalue weighted by atomic mass is 9.92. The molecule has 0 atom stereocenters. The Morgan fingerprint density at radius 2 is 2.00 bits per heavy atom. The van der Waals surface area contributed by atoms with Crippen molar-refractivity contribution in [1.29, 1.82) is 0 Å². The summed E-state index contributed by atoms with van der Waals surface area (Å²) in [4.78, 5) is 8.13. The average molecular weight is 263 g/mol. The number of hydrogen-bond acceptors (Lipinski definition) is 2. The van der Waals surface area contributed by atoms with Crippen LogP contribution in [0.2, 0.25) is 0 Å². The first kappa shape index (κ1) is 12.7. The molecule has 1 aliphatic heterocycles. The molecule has 1 aromatic carbocycles. The molecular weight excluding hydrogens is 246 g/mol. The highest BCUT2D eigenvalue weighted by atomic mass is 15.0. The van der Waals surface area contributed by atoms with Crippen LogP contribution in [0, 0.1) is 6.57 Å². The van der Waals surface area contributed by atoms with E-state index in [0.717, 1.165) is 29.9 Å². The summed E-state index contributed by atoms with van der Waals surface area (Å²) < 4.78 is 0. The molecule has 0 fully saturated rings. The van der Waals surface area contributed by atoms with E-state index in [2.05, 4.69) is 33.3 Å². The van der Waals surface area contributed by atoms with Gasteiger partial charge >= 0.3 is 0 Å². The summed E-state index contributed by atoms with van der Waals surface area (Å²) in [5.74, 6) is 0.948. The zero-order valence-corrected chi connectivity index (χ0v) is 11.8. The molecule has 0 radical (unpaired) electrons. The number of aromatic nitrogens is 1. The highest BCUT2D eigenvalue weighted by Crippen LogP contribution is 2.33. The highest BCUT2D eigenvalue weighted by Gasteiger charge is 2.27. The molecule has 3 nitrogen and oxygen atoms in total. The van der Waals surface area contributed by atoms with Gasteiger partial charge in [0.05, 0.1) is 0 Å². The lowest BCUT2D eigenvalue weighted by Crippen LogP contribution is -2.11. The van der Waals surface area contributed by atoms with Gasteiger partial charge < -0.3 is 10.2 Å². The minimum atomic E-state index is -0.466. The first-order valence-corrected chi connectivity index (χ1v) is 6.83. The molecule has 0 spiro atoms. The largest absolute Gasteiger partial charge is 0.340 e. The van der Waals surface area contributed by atoms with E-state index in [1.54, 1.807) is 0 Å². The van der Waals surface area contributed by atoms with Crippen LogP contribution in [0.15, 0.2) is 36.5 Å². The molecular formula is C17H17N3. The normalized spacial score (nSPS) is 13.4. The van der Waals surface area contributed by atoms with Crippen molar-refractivity contribution in [3.8, 4) is 0 Å². The van der Waals surface area contributed by atoms with Gasteiger partial charge in [-0.3, -0.25) is 0 Å². The summed E-state index contributed by atoms with van der Waals surface area (Å²) in [7, 11) is 0. The molecule has 20 heavy (non-hydrogen) atoms. The lowest BCUT2D eigenvalue weighted by molar-refractivity contribution is 0.662. The highest BCUT2D eigenvalue weighted by molar-refractivity contribution is 5.66. The predicted molar refractivity (Wildman–Crippen MR) is 81.0 cm³/mol. The zero-order chi connectivity index (χ0) is 14.2. The molecule has 1 aliphatic rings. The van der Waals surface area contributed by atoms with Crippen molar-refractivity contribution in [3.63, 3.8) is 0 Å². The SMILES string of the molecule is [C-]#[N+]C(C)(C)c1ccc2c(c1)CCc1cccnc1N2. The van der Waals surface area contributed by atoms with E-state index in [4.69, 9.17) is 6.57 Å². The van der Waals surface area contributed by atoms with Crippen molar-refractivity contribution in [3.05, 3.63) is 64.6 Å². The summed E-state index contributed by atoms with van der Waals surface area (Å²) in [5, 5.41) is 3.41. The molecule has 1 aromatic heterocycles. The van der Waals surface area contributed by atoms with Gasteiger partial charge in [-0.25, -0.2) is 11.6 Å². The lowest BCUT2D eigenvalue weighted by Gasteiger charge is -2.15. The minimum absolute atomic E-state index is 0.466. The summed E-state index contributed by atoms with van der Waals surface area (Å²) in [5.41, 5.74) is 4.22. The van der Waals surface area contributed by atoms with E-state index in [-0.39, 0.29) is 0 Å². The Balaban J connectivity index is 2.02. The fraction of sp³-hybridized carbons (Fsp3) is 0.294. The molecule has 0 amide bonds. The van der Waals surface area contributed by atoms with Crippen molar-refractivity contribution >= 4 is 11.5 Å². The summed E-state index contributed by atoms with van der Waals surface area (Å²) in [6.45, 7) is 11.3. The molecule has 0 aliphatic carbocycles. The van der Waals surface area contributed by atoms with Gasteiger partial charge in [0.15, 0.2) is 0 Å². The molecule has 2 heterocycles. The van der Waals surface area contributed by atoms with E-state index in [1.165, 1.54) is 11.1 Å². The van der Waals surface area contributed by atoms with Gasteiger partial charge in [-0.15, -0.1) is 0 Å². The fourth-order valence-corrected chi connectivity index (χ4v) is 2.52. The quantitative estimate of drug-likeness (QED) is 0.786. The number of nitrogens with zero attached hydrogens (tertiary/aromatic N) is 2. The van der Waals surface area contributed by atoms with Crippen LogP contribution in [0.1, 0.15) is 30.5 Å². The maximum atomic E-state index is 7.33. The number of nitrogens with one attached hydrogen (secondary N) is 1. The van der Waals surface area contributed by atoms with Crippen LogP contribution in [0.4, 0.5) is 11.5 Å². The van der Waals surface area contributed by atoms with E-state index >= 15 is 0 Å². The van der Waals surface area contributed by atoms with Gasteiger partial charge in [-0.1, -0.05) is 6.07 Å². The Hall–Kier alpha value is -2.34. The van der Waals surface area contributed by atoms with Crippen LogP contribution >= 0.6 is 0 Å². The third-order valence-electron chi connectivity index (χ3n) is 3.90. The molecule has 100 valence electrons. The maximum Gasteiger partial charge on any atom is 0.252 e. The van der Waals surface area contributed by atoms with Gasteiger partial charge in [0.1, 0.15) is 5.82 Å². The van der Waals surface area contributed by atoms with Crippen molar-refractivity contribution in [2.45, 2.75) is 32.2 Å². The second kappa shape index (κ2) is 4.64. The number of benzene rings is 1. The van der Waals surface area contributed by atoms with Crippen molar-refractivity contribution in [1.82, 2.24) is 4.98 Å². The van der Waals surface area contributed by atoms with E-state index in [9.17, 15) is 0 Å². The number of anilines is 2. The van der Waals surface area contributed by atoms with Crippen molar-refractivity contribution in [2.75, 3.05) is 5.32 Å². The molecule has 3 rings (SSSR count). The fourth-order valence-electron chi connectivity index (χ4n) is 2.52. The molecule has 1 N–H and O–H groups in total. The first-order valence-electron chi connectivity index (χ1n) is 6.83. The van der Waals surface area contributed by atoms with Gasteiger partial charge in [0.25, 0.3) is 5.54 Å². The third kappa shape index (κ3) is 2.14. The standard InChI is InChI=1S/C17H17N3/c1-17(2,18-3)14-8-9-15-13(11-14)7-6-12-5-4-10-19-16(12)20-15/h4-5,8-11H,6-7H2,1-2H3,(H,19,20). The predicted octanol–water partition coefficient (Wildman–Crippen LogP) is 4.08. The molecule has 0 saturated carbocycles. The topological polar surface area (TPSA) is 29.3 Å². The van der Waals surface area contributed by atoms with Gasteiger partial charge in [0, 0.05) is 31.3 Å². The number of hydrogen-bond donors (Lipinski definition) is 1. The second-order valence-electron chi connectivity index (χ2n) is 5.68. The summed E-state index contributed by atoms with van der Waals surface area (Å²) >= 11 is 0. The smallest absolute Gasteiger partial charge is 0.252 e. The van der Waals surface area contributed by atoms with E-state index in [0.29, 0.717) is 0 Å². The number of fused-ring (bicyclic) bond motifs is 2. The molecule has 2 aromatic rings. The van der Waals surface area contributed by atoms with Crippen molar-refractivity contribution < 1.29 is 0 Å². The second-order valence-corrected chi connectivity index (χ2v) is 5.68. The van der Waals surface area contributed by atoms with Crippen molar-refractivity contribution in [2.24, 2.45) is 0 Å². The number of aryl methyl sites for hydroxylation is 2. The number of pyridine rings is 1. The molecule has 0 saturated heterocycles. The molecule has 0 bridgehead atoms. The third-order valence-corrected chi connectivity index (χ3v) is 3.90. The van der Waals surface area contributed by atoms with E-state index in [1.807, 2.05) is 32.2 Å². The first-order chi connectivity index (χ1) is 9.60. The summed E-state index contributed by atoms with van der Waals surface area (Å²) in [6, 6.07) is 10.4. The Morgan fingerprint density at radius 1 is 1.20 bits per heavy atom. The average Bonchev–Trinajstić information content (AvgIpc) is 2.65. The minimum Gasteiger partial charge on any atom is -0.340 e. The van der Waals surface area contributed by atoms with E-state index < -0.39 is 5.54 Å². The number of rotatable bonds is 1. The van der Waals surface area contributed by atoms with Gasteiger partial charge in [-0.05, 0) is 48.2 Å². The van der Waals surface area contributed by atoms with Crippen LogP contribution in [-0.4, -0.2) is 4.98 Å². The van der Waals surface area contributed by atoms with Crippen LogP contribution in [0.3, 0.4) is 0 Å². The van der Waals surface area contributed by atoms with Gasteiger partial charge in [-0.2, -0.15) is 0 Å². The van der Waals surface area contributed by atoms with Crippen LogP contribution in [0.5, 0.6) is 0 Å². The maximum absolute atomic E-state index is 7.33. The Labute approximate surface area is 119 Å². The molecule has 3 heteroatoms. The van der Waals surface area contributed by atoms with Gasteiger partial charge in [0.2, 0.25) is 0 Å². The van der Waals surface area contributed by atoms with Crippen LogP contribution in [0.25, 0.3) is 4.85 Å². The van der Waals surface area contributed by atoms with Crippen LogP contribution in [-0.2, 0) is 18.4 Å². The Morgan fingerprint density at radius 3 is 2.80 bits per heavy atom. The monoisotopic (exact) mass is 263 g/mol. The molecule has 0 unspecified atom stereocenters. The Bertz CT molecular complexity index is 696. The summed E-state index contributed by atoms with van der Waals surface area (Å²) in [6.07, 6.45) is 3.77. The van der Waals surface area contributed by atoms with Crippen LogP contribution < -0.4 is 5.32 Å².